The summed E-state index contributed by atoms with van der Waals surface area (Å²) in [6.07, 6.45) is 22.6. The first-order valence-corrected chi connectivity index (χ1v) is 19.8. The molecule has 4 unspecified atom stereocenters. The quantitative estimate of drug-likeness (QED) is 0.131. The van der Waals surface area contributed by atoms with Gasteiger partial charge < -0.3 is 4.90 Å². The number of nitrogens with zero attached hydrogens (tertiary/aromatic N) is 1. The topological polar surface area (TPSA) is 3.24 Å². The van der Waals surface area contributed by atoms with E-state index < -0.39 is 0 Å². The summed E-state index contributed by atoms with van der Waals surface area (Å²) in [5.74, 6) is 1.61. The van der Waals surface area contributed by atoms with E-state index in [0.29, 0.717) is 17.8 Å². The third-order valence-electron chi connectivity index (χ3n) is 12.4. The number of hydrogen-bond donors (Lipinski definition) is 0. The van der Waals surface area contributed by atoms with Crippen molar-refractivity contribution in [3.8, 4) is 11.1 Å². The molecule has 0 N–H and O–H groups in total. The minimum Gasteiger partial charge on any atom is -0.310 e. The number of hydrogen-bond acceptors (Lipinski definition) is 1. The van der Waals surface area contributed by atoms with E-state index in [0.717, 1.165) is 29.8 Å². The van der Waals surface area contributed by atoms with Crippen molar-refractivity contribution < 1.29 is 0 Å². The van der Waals surface area contributed by atoms with Gasteiger partial charge in [0.2, 0.25) is 0 Å². The van der Waals surface area contributed by atoms with Crippen LogP contribution in [-0.4, -0.2) is 0 Å². The van der Waals surface area contributed by atoms with Crippen LogP contribution in [0.2, 0.25) is 0 Å². The average Bonchev–Trinajstić information content (AvgIpc) is 3.49. The average molecular weight is 702 g/mol. The molecule has 0 aromatic heterocycles. The summed E-state index contributed by atoms with van der Waals surface area (Å²) in [6, 6.07) is 44.7. The molecule has 5 aromatic carbocycles. The van der Waals surface area contributed by atoms with Gasteiger partial charge in [0.1, 0.15) is 0 Å². The smallest absolute Gasteiger partial charge is 0.0465 e. The molecule has 8 rings (SSSR count). The van der Waals surface area contributed by atoms with Crippen molar-refractivity contribution in [1.29, 1.82) is 0 Å². The number of allylic oxidation sites excluding steroid dienone is 10. The van der Waals surface area contributed by atoms with Crippen molar-refractivity contribution in [2.75, 3.05) is 4.90 Å². The summed E-state index contributed by atoms with van der Waals surface area (Å²) in [5, 5.41) is 0. The molecule has 1 heteroatoms. The molecule has 0 saturated heterocycles. The lowest BCUT2D eigenvalue weighted by Crippen LogP contribution is -2.31. The highest BCUT2D eigenvalue weighted by molar-refractivity contribution is 5.86. The Labute approximate surface area is 323 Å². The maximum absolute atomic E-state index is 4.73. The van der Waals surface area contributed by atoms with Crippen LogP contribution in [0.3, 0.4) is 0 Å². The molecule has 3 aliphatic carbocycles. The maximum Gasteiger partial charge on any atom is 0.0465 e. The van der Waals surface area contributed by atoms with Gasteiger partial charge in [-0.3, -0.25) is 0 Å². The zero-order chi connectivity index (χ0) is 37.2. The van der Waals surface area contributed by atoms with E-state index in [9.17, 15) is 0 Å². The predicted molar refractivity (Wildman–Crippen MR) is 232 cm³/mol. The van der Waals surface area contributed by atoms with Crippen molar-refractivity contribution in [1.82, 2.24) is 0 Å². The molecule has 3 aliphatic rings. The molecule has 0 fully saturated rings. The third kappa shape index (κ3) is 6.16. The second-order valence-corrected chi connectivity index (χ2v) is 15.2. The van der Waals surface area contributed by atoms with Crippen LogP contribution in [0, 0.1) is 11.8 Å². The lowest BCUT2D eigenvalue weighted by atomic mass is 9.61. The number of para-hydroxylation sites is 2. The summed E-state index contributed by atoms with van der Waals surface area (Å²) in [7, 11) is 0. The summed E-state index contributed by atoms with van der Waals surface area (Å²) in [4.78, 5) is 2.38. The van der Waals surface area contributed by atoms with Gasteiger partial charge >= 0.3 is 0 Å². The number of rotatable bonds is 10. The standard InChI is InChI=1S/C53H51N/c1-6-19-39(34-37(4)52-48-26-17-15-24-44(48)38(5)45-25-16-18-27-49(45)52)28-29-40-30-32-46-47-33-31-43(36-51(47)53(7-2,8-3)50(46)35-40)54(41-20-11-9-12-21-41)42-22-13-10-14-23-42/h6,9-36,38,44,48,52H,4,7-8H2,1-3,5H3/b19-6-,29-28+,39-34+. The van der Waals surface area contributed by atoms with Gasteiger partial charge in [-0.15, -0.1) is 0 Å². The highest BCUT2D eigenvalue weighted by atomic mass is 15.1. The second kappa shape index (κ2) is 15.0. The normalized spacial score (nSPS) is 20.8. The van der Waals surface area contributed by atoms with Gasteiger partial charge in [-0.1, -0.05) is 167 Å². The Morgan fingerprint density at radius 3 is 1.91 bits per heavy atom. The second-order valence-electron chi connectivity index (χ2n) is 15.2. The number of anilines is 3. The van der Waals surface area contributed by atoms with Crippen LogP contribution in [0.25, 0.3) is 17.2 Å². The SMILES string of the molecule is C=C(/C=C(\C=C/C)/C=C/c1ccc2c(c1)C(CC)(CC)c1cc(N(c3ccccc3)c3ccccc3)ccc1-2)C1c2ccccc2C(C)C2C=CC=CC12. The van der Waals surface area contributed by atoms with E-state index in [2.05, 4.69) is 209 Å². The van der Waals surface area contributed by atoms with Crippen molar-refractivity contribution in [3.63, 3.8) is 0 Å². The molecule has 0 radical (unpaired) electrons. The Kier molecular flexibility index (Phi) is 9.82. The molecule has 268 valence electrons. The van der Waals surface area contributed by atoms with Crippen LogP contribution in [0.5, 0.6) is 0 Å². The molecular formula is C53H51N. The molecule has 4 atom stereocenters. The fraction of sp³-hybridized carbons (Fsp3) is 0.208. The van der Waals surface area contributed by atoms with Gasteiger partial charge in [-0.05, 0) is 124 Å². The molecule has 0 bridgehead atoms. The van der Waals surface area contributed by atoms with Crippen molar-refractivity contribution in [2.24, 2.45) is 11.8 Å². The summed E-state index contributed by atoms with van der Waals surface area (Å²) in [5.41, 5.74) is 15.4. The highest BCUT2D eigenvalue weighted by Crippen LogP contribution is 2.55. The van der Waals surface area contributed by atoms with Gasteiger partial charge in [-0.2, -0.15) is 0 Å². The third-order valence-corrected chi connectivity index (χ3v) is 12.4. The monoisotopic (exact) mass is 701 g/mol. The first kappa shape index (κ1) is 35.4. The van der Waals surface area contributed by atoms with Gasteiger partial charge in [0.25, 0.3) is 0 Å². The van der Waals surface area contributed by atoms with Crippen molar-refractivity contribution in [2.45, 2.75) is 57.8 Å². The number of fused-ring (bicyclic) bond motifs is 5. The van der Waals surface area contributed by atoms with Gasteiger partial charge in [0.15, 0.2) is 0 Å². The van der Waals surface area contributed by atoms with Crippen LogP contribution >= 0.6 is 0 Å². The summed E-state index contributed by atoms with van der Waals surface area (Å²) in [6.45, 7) is 13.9. The molecule has 1 nitrogen and oxygen atoms in total. The van der Waals surface area contributed by atoms with Gasteiger partial charge in [0, 0.05) is 28.4 Å². The van der Waals surface area contributed by atoms with E-state index in [4.69, 9.17) is 6.58 Å². The predicted octanol–water partition coefficient (Wildman–Crippen LogP) is 14.6. The molecule has 54 heavy (non-hydrogen) atoms. The first-order chi connectivity index (χ1) is 26.5. The molecule has 0 aliphatic heterocycles. The van der Waals surface area contributed by atoms with Crippen molar-refractivity contribution in [3.05, 3.63) is 215 Å². The fourth-order valence-electron chi connectivity index (χ4n) is 9.74. The Hall–Kier alpha value is -5.66. The lowest BCUT2D eigenvalue weighted by molar-refractivity contribution is 0.347. The van der Waals surface area contributed by atoms with Crippen LogP contribution < -0.4 is 4.90 Å². The maximum atomic E-state index is 4.73. The van der Waals surface area contributed by atoms with Crippen LogP contribution in [0.15, 0.2) is 188 Å². The van der Waals surface area contributed by atoms with Gasteiger partial charge in [-0.25, -0.2) is 0 Å². The van der Waals surface area contributed by atoms with E-state index in [1.807, 2.05) is 0 Å². The van der Waals surface area contributed by atoms with Crippen molar-refractivity contribution >= 4 is 23.1 Å². The minimum atomic E-state index is -0.0656. The van der Waals surface area contributed by atoms with E-state index >= 15 is 0 Å². The first-order valence-electron chi connectivity index (χ1n) is 19.8. The summed E-state index contributed by atoms with van der Waals surface area (Å²) >= 11 is 0. The highest BCUT2D eigenvalue weighted by Gasteiger charge is 2.42. The fourth-order valence-corrected chi connectivity index (χ4v) is 9.74. The lowest BCUT2D eigenvalue weighted by Gasteiger charge is -2.42. The van der Waals surface area contributed by atoms with Crippen LogP contribution in [0.4, 0.5) is 17.1 Å². The van der Waals surface area contributed by atoms with E-state index in [-0.39, 0.29) is 11.3 Å². The Morgan fingerprint density at radius 1 is 0.667 bits per heavy atom. The van der Waals surface area contributed by atoms with Gasteiger partial charge in [0.05, 0.1) is 0 Å². The molecule has 0 saturated carbocycles. The molecule has 0 heterocycles. The zero-order valence-corrected chi connectivity index (χ0v) is 32.1. The van der Waals surface area contributed by atoms with E-state index in [1.165, 1.54) is 50.2 Å². The van der Waals surface area contributed by atoms with Crippen LogP contribution in [0.1, 0.15) is 80.2 Å². The Morgan fingerprint density at radius 2 is 1.26 bits per heavy atom. The zero-order valence-electron chi connectivity index (χ0n) is 32.1. The number of benzene rings is 5. The van der Waals surface area contributed by atoms with E-state index in [1.54, 1.807) is 0 Å². The summed E-state index contributed by atoms with van der Waals surface area (Å²) < 4.78 is 0. The Bertz CT molecular complexity index is 2270. The van der Waals surface area contributed by atoms with Crippen LogP contribution in [-0.2, 0) is 5.41 Å². The molecular weight excluding hydrogens is 651 g/mol. The Balaban J connectivity index is 1.13. The molecule has 5 aromatic rings. The molecule has 0 spiro atoms. The molecule has 0 amide bonds. The minimum absolute atomic E-state index is 0.0656. The largest absolute Gasteiger partial charge is 0.310 e.